The van der Waals surface area contributed by atoms with E-state index in [1.165, 1.54) is 0 Å². The predicted octanol–water partition coefficient (Wildman–Crippen LogP) is 2.64. The largest absolute Gasteiger partial charge is 0.392 e. The van der Waals surface area contributed by atoms with Crippen LogP contribution in [-0.2, 0) is 13.2 Å². The van der Waals surface area contributed by atoms with Crippen molar-refractivity contribution in [1.29, 1.82) is 0 Å². The van der Waals surface area contributed by atoms with E-state index in [9.17, 15) is 9.90 Å². The van der Waals surface area contributed by atoms with Gasteiger partial charge in [0.15, 0.2) is 0 Å². The first-order valence-corrected chi connectivity index (χ1v) is 10.6. The Morgan fingerprint density at radius 2 is 1.87 bits per heavy atom. The Hall–Kier alpha value is -2.81. The molecule has 0 spiro atoms. The number of aliphatic hydroxyl groups is 1. The SMILES string of the molecule is O=c1c2ccccc2n2c(=S)n(CN3CCC[C@H](O)C3)nc2n1Cc1ccccc1. The van der Waals surface area contributed by atoms with Crippen LogP contribution in [0.1, 0.15) is 18.4 Å². The second kappa shape index (κ2) is 7.79. The van der Waals surface area contributed by atoms with E-state index in [-0.39, 0.29) is 11.7 Å². The Bertz CT molecular complexity index is 1320. The zero-order chi connectivity index (χ0) is 20.7. The first-order valence-electron chi connectivity index (χ1n) is 10.2. The molecule has 8 heteroatoms. The van der Waals surface area contributed by atoms with E-state index in [0.29, 0.717) is 35.7 Å². The summed E-state index contributed by atoms with van der Waals surface area (Å²) in [6, 6.07) is 17.4. The van der Waals surface area contributed by atoms with Crippen LogP contribution < -0.4 is 5.56 Å². The van der Waals surface area contributed by atoms with Crippen LogP contribution in [0.5, 0.6) is 0 Å². The lowest BCUT2D eigenvalue weighted by atomic mass is 10.1. The summed E-state index contributed by atoms with van der Waals surface area (Å²) in [7, 11) is 0. The minimum absolute atomic E-state index is 0.0810. The van der Waals surface area contributed by atoms with Crippen molar-refractivity contribution in [2.45, 2.75) is 32.2 Å². The van der Waals surface area contributed by atoms with Crippen LogP contribution in [0.2, 0.25) is 0 Å². The van der Waals surface area contributed by atoms with Crippen LogP contribution in [-0.4, -0.2) is 47.9 Å². The van der Waals surface area contributed by atoms with Crippen LogP contribution in [0.4, 0.5) is 0 Å². The van der Waals surface area contributed by atoms with E-state index in [1.807, 2.05) is 59.0 Å². The fourth-order valence-corrected chi connectivity index (χ4v) is 4.50. The molecule has 1 atom stereocenters. The minimum Gasteiger partial charge on any atom is -0.392 e. The number of piperidine rings is 1. The highest BCUT2D eigenvalue weighted by molar-refractivity contribution is 7.71. The molecule has 4 aromatic rings. The van der Waals surface area contributed by atoms with Crippen LogP contribution in [0.3, 0.4) is 0 Å². The molecule has 30 heavy (non-hydrogen) atoms. The van der Waals surface area contributed by atoms with Crippen molar-refractivity contribution in [3.63, 3.8) is 0 Å². The van der Waals surface area contributed by atoms with E-state index < -0.39 is 0 Å². The molecule has 0 saturated carbocycles. The first-order chi connectivity index (χ1) is 14.6. The molecule has 1 saturated heterocycles. The highest BCUT2D eigenvalue weighted by Crippen LogP contribution is 2.17. The summed E-state index contributed by atoms with van der Waals surface area (Å²) in [6.07, 6.45) is 1.46. The molecule has 0 aliphatic carbocycles. The molecule has 1 fully saturated rings. The minimum atomic E-state index is -0.318. The molecule has 1 aliphatic rings. The molecule has 5 rings (SSSR count). The Labute approximate surface area is 178 Å². The molecule has 154 valence electrons. The molecular formula is C22H23N5O2S. The average molecular weight is 422 g/mol. The smallest absolute Gasteiger partial charge is 0.263 e. The van der Waals surface area contributed by atoms with Gasteiger partial charge in [0.1, 0.15) is 0 Å². The number of fused-ring (bicyclic) bond motifs is 3. The molecule has 3 heterocycles. The number of rotatable bonds is 4. The van der Waals surface area contributed by atoms with Gasteiger partial charge in [-0.2, -0.15) is 0 Å². The van der Waals surface area contributed by atoms with Gasteiger partial charge < -0.3 is 5.11 Å². The number of aromatic nitrogens is 4. The lowest BCUT2D eigenvalue weighted by Crippen LogP contribution is -2.39. The third kappa shape index (κ3) is 3.36. The van der Waals surface area contributed by atoms with Gasteiger partial charge in [-0.05, 0) is 42.8 Å². The first kappa shape index (κ1) is 19.2. The number of β-amino-alcohol motifs (C(OH)–C–C–N with tert-alkyl or cyclic N) is 1. The molecule has 2 aromatic carbocycles. The number of benzene rings is 2. The Morgan fingerprint density at radius 1 is 1.10 bits per heavy atom. The molecule has 0 radical (unpaired) electrons. The van der Waals surface area contributed by atoms with Crippen molar-refractivity contribution in [3.8, 4) is 0 Å². The topological polar surface area (TPSA) is 67.7 Å². The van der Waals surface area contributed by atoms with Gasteiger partial charge in [0, 0.05) is 13.1 Å². The lowest BCUT2D eigenvalue weighted by Gasteiger charge is -2.29. The highest BCUT2D eigenvalue weighted by Gasteiger charge is 2.20. The van der Waals surface area contributed by atoms with Gasteiger partial charge >= 0.3 is 0 Å². The van der Waals surface area contributed by atoms with Gasteiger partial charge in [0.2, 0.25) is 10.5 Å². The normalized spacial score (nSPS) is 17.7. The van der Waals surface area contributed by atoms with Crippen LogP contribution in [0.25, 0.3) is 16.7 Å². The maximum absolute atomic E-state index is 13.3. The van der Waals surface area contributed by atoms with Crippen molar-refractivity contribution in [3.05, 3.63) is 75.3 Å². The average Bonchev–Trinajstić information content (AvgIpc) is 3.08. The van der Waals surface area contributed by atoms with Gasteiger partial charge in [0.05, 0.1) is 30.2 Å². The van der Waals surface area contributed by atoms with Crippen molar-refractivity contribution >= 4 is 28.9 Å². The quantitative estimate of drug-likeness (QED) is 0.513. The number of likely N-dealkylation sites (tertiary alicyclic amines) is 1. The van der Waals surface area contributed by atoms with Crippen molar-refractivity contribution in [2.24, 2.45) is 0 Å². The van der Waals surface area contributed by atoms with E-state index in [4.69, 9.17) is 17.3 Å². The summed E-state index contributed by atoms with van der Waals surface area (Å²) in [5.74, 6) is 0.533. The van der Waals surface area contributed by atoms with Crippen LogP contribution in [0, 0.1) is 4.77 Å². The molecule has 1 aliphatic heterocycles. The summed E-state index contributed by atoms with van der Waals surface area (Å²) in [4.78, 5) is 15.5. The zero-order valence-electron chi connectivity index (χ0n) is 16.5. The van der Waals surface area contributed by atoms with Crippen LogP contribution >= 0.6 is 12.2 Å². The van der Waals surface area contributed by atoms with E-state index in [2.05, 4.69) is 4.90 Å². The van der Waals surface area contributed by atoms with Crippen molar-refractivity contribution < 1.29 is 5.11 Å². The van der Waals surface area contributed by atoms with Gasteiger partial charge in [0.25, 0.3) is 5.56 Å². The summed E-state index contributed by atoms with van der Waals surface area (Å²) in [6.45, 7) is 2.41. The Balaban J connectivity index is 1.69. The number of hydrogen-bond donors (Lipinski definition) is 1. The second-order valence-electron chi connectivity index (χ2n) is 7.83. The molecule has 0 unspecified atom stereocenters. The Morgan fingerprint density at radius 3 is 2.67 bits per heavy atom. The summed E-state index contributed by atoms with van der Waals surface area (Å²) < 4.78 is 5.88. The number of hydrogen-bond acceptors (Lipinski definition) is 5. The summed E-state index contributed by atoms with van der Waals surface area (Å²) in [5.41, 5.74) is 1.70. The third-order valence-electron chi connectivity index (χ3n) is 5.68. The fraction of sp³-hybridized carbons (Fsp3) is 0.318. The lowest BCUT2D eigenvalue weighted by molar-refractivity contribution is 0.0514. The number of nitrogens with zero attached hydrogens (tertiary/aromatic N) is 5. The van der Waals surface area contributed by atoms with Crippen molar-refractivity contribution in [2.75, 3.05) is 13.1 Å². The van der Waals surface area contributed by atoms with Gasteiger partial charge in [-0.3, -0.25) is 18.7 Å². The standard InChI is InChI=1S/C22H23N5O2S/c28-17-9-6-12-24(14-17)15-26-22(30)27-19-11-5-4-10-18(19)20(29)25(21(27)23-26)13-16-7-2-1-3-8-16/h1-5,7-8,10-11,17,28H,6,9,12-15H2/t17-/m0/s1. The van der Waals surface area contributed by atoms with Gasteiger partial charge in [-0.15, -0.1) is 5.10 Å². The molecule has 7 nitrogen and oxygen atoms in total. The van der Waals surface area contributed by atoms with Crippen molar-refractivity contribution in [1.82, 2.24) is 23.6 Å². The number of para-hydroxylation sites is 1. The molecule has 2 aromatic heterocycles. The molecule has 1 N–H and O–H groups in total. The molecule has 0 bridgehead atoms. The van der Waals surface area contributed by atoms with E-state index in [1.54, 1.807) is 9.25 Å². The third-order valence-corrected chi connectivity index (χ3v) is 6.08. The summed E-state index contributed by atoms with van der Waals surface area (Å²) in [5, 5.41) is 15.4. The van der Waals surface area contributed by atoms with Gasteiger partial charge in [-0.25, -0.2) is 4.68 Å². The maximum atomic E-state index is 13.3. The second-order valence-corrected chi connectivity index (χ2v) is 8.19. The van der Waals surface area contributed by atoms with Gasteiger partial charge in [-0.1, -0.05) is 42.5 Å². The molecule has 0 amide bonds. The maximum Gasteiger partial charge on any atom is 0.263 e. The van der Waals surface area contributed by atoms with E-state index in [0.717, 1.165) is 30.5 Å². The number of aliphatic hydroxyl groups excluding tert-OH is 1. The van der Waals surface area contributed by atoms with Crippen LogP contribution in [0.15, 0.2) is 59.4 Å². The predicted molar refractivity (Wildman–Crippen MR) is 118 cm³/mol. The highest BCUT2D eigenvalue weighted by atomic mass is 32.1. The zero-order valence-corrected chi connectivity index (χ0v) is 17.3. The fourth-order valence-electron chi connectivity index (χ4n) is 4.22. The van der Waals surface area contributed by atoms with E-state index >= 15 is 0 Å². The molecular weight excluding hydrogens is 398 g/mol. The monoisotopic (exact) mass is 421 g/mol. The Kier molecular flexibility index (Phi) is 4.98. The summed E-state index contributed by atoms with van der Waals surface area (Å²) >= 11 is 5.78.